The van der Waals surface area contributed by atoms with Crippen molar-refractivity contribution in [3.63, 3.8) is 0 Å². The largest absolute Gasteiger partial charge is 0.0654 e. The van der Waals surface area contributed by atoms with E-state index < -0.39 is 0 Å². The highest BCUT2D eigenvalue weighted by Crippen LogP contribution is 2.21. The second-order valence-corrected chi connectivity index (χ2v) is 4.94. The van der Waals surface area contributed by atoms with Crippen LogP contribution >= 0.6 is 0 Å². The molecule has 0 saturated carbocycles. The SMILES string of the molecule is CCCCCCc1cc2ccccc2cc1C. The smallest absolute Gasteiger partial charge is 0.0181 e. The van der Waals surface area contributed by atoms with E-state index in [2.05, 4.69) is 50.2 Å². The Morgan fingerprint density at radius 2 is 1.59 bits per heavy atom. The third-order valence-electron chi connectivity index (χ3n) is 3.50. The second-order valence-electron chi connectivity index (χ2n) is 4.94. The van der Waals surface area contributed by atoms with Crippen molar-refractivity contribution in [2.45, 2.75) is 46.0 Å². The standard InChI is InChI=1S/C17H22/c1-3-4-5-6-9-15-13-17-11-8-7-10-16(17)12-14(15)2/h7-8,10-13H,3-6,9H2,1-2H3. The molecule has 2 aromatic carbocycles. The van der Waals surface area contributed by atoms with Crippen LogP contribution in [0.3, 0.4) is 0 Å². The molecule has 0 fully saturated rings. The van der Waals surface area contributed by atoms with Gasteiger partial charge >= 0.3 is 0 Å². The van der Waals surface area contributed by atoms with E-state index in [0.29, 0.717) is 0 Å². The van der Waals surface area contributed by atoms with Gasteiger partial charge in [-0.15, -0.1) is 0 Å². The Morgan fingerprint density at radius 3 is 2.29 bits per heavy atom. The van der Waals surface area contributed by atoms with Gasteiger partial charge in [0.05, 0.1) is 0 Å². The summed E-state index contributed by atoms with van der Waals surface area (Å²) in [6.07, 6.45) is 6.61. The first-order valence-corrected chi connectivity index (χ1v) is 6.79. The van der Waals surface area contributed by atoms with E-state index in [0.717, 1.165) is 0 Å². The zero-order chi connectivity index (χ0) is 12.1. The maximum atomic E-state index is 2.37. The van der Waals surface area contributed by atoms with E-state index in [4.69, 9.17) is 0 Å². The quantitative estimate of drug-likeness (QED) is 0.609. The van der Waals surface area contributed by atoms with Crippen LogP contribution in [0.25, 0.3) is 10.8 Å². The van der Waals surface area contributed by atoms with Crippen LogP contribution in [-0.2, 0) is 6.42 Å². The third-order valence-corrected chi connectivity index (χ3v) is 3.50. The summed E-state index contributed by atoms with van der Waals surface area (Å²) in [5, 5.41) is 2.74. The van der Waals surface area contributed by atoms with Gasteiger partial charge in [0.2, 0.25) is 0 Å². The van der Waals surface area contributed by atoms with Gasteiger partial charge in [0.25, 0.3) is 0 Å². The molecule has 0 unspecified atom stereocenters. The lowest BCUT2D eigenvalue weighted by atomic mass is 9.97. The van der Waals surface area contributed by atoms with Crippen molar-refractivity contribution in [3.8, 4) is 0 Å². The summed E-state index contributed by atoms with van der Waals surface area (Å²) in [4.78, 5) is 0. The maximum absolute atomic E-state index is 2.37. The molecule has 0 amide bonds. The molecule has 90 valence electrons. The predicted molar refractivity (Wildman–Crippen MR) is 76.5 cm³/mol. The highest BCUT2D eigenvalue weighted by Gasteiger charge is 2.01. The molecule has 0 radical (unpaired) electrons. The number of hydrogen-bond donors (Lipinski definition) is 0. The van der Waals surface area contributed by atoms with Crippen LogP contribution in [-0.4, -0.2) is 0 Å². The molecule has 0 aliphatic rings. The lowest BCUT2D eigenvalue weighted by Gasteiger charge is -2.08. The molecule has 0 aromatic heterocycles. The molecule has 0 bridgehead atoms. The molecule has 0 nitrogen and oxygen atoms in total. The molecule has 2 aromatic rings. The first kappa shape index (κ1) is 12.2. The summed E-state index contributed by atoms with van der Waals surface area (Å²) in [5.74, 6) is 0. The first-order chi connectivity index (χ1) is 8.31. The van der Waals surface area contributed by atoms with Crippen LogP contribution in [0.5, 0.6) is 0 Å². The average molecular weight is 226 g/mol. The molecule has 2 rings (SSSR count). The van der Waals surface area contributed by atoms with Crippen molar-refractivity contribution >= 4 is 10.8 Å². The summed E-state index contributed by atoms with van der Waals surface area (Å²) in [5.41, 5.74) is 2.97. The zero-order valence-electron chi connectivity index (χ0n) is 11.0. The number of fused-ring (bicyclic) bond motifs is 1. The van der Waals surface area contributed by atoms with Crippen molar-refractivity contribution in [2.75, 3.05) is 0 Å². The van der Waals surface area contributed by atoms with E-state index in [1.54, 1.807) is 0 Å². The number of rotatable bonds is 5. The van der Waals surface area contributed by atoms with Crippen molar-refractivity contribution in [2.24, 2.45) is 0 Å². The van der Waals surface area contributed by atoms with Crippen LogP contribution < -0.4 is 0 Å². The summed E-state index contributed by atoms with van der Waals surface area (Å²) >= 11 is 0. The number of hydrogen-bond acceptors (Lipinski definition) is 0. The second kappa shape index (κ2) is 5.86. The normalized spacial score (nSPS) is 10.9. The van der Waals surface area contributed by atoms with Crippen molar-refractivity contribution in [1.82, 2.24) is 0 Å². The maximum Gasteiger partial charge on any atom is -0.0181 e. The van der Waals surface area contributed by atoms with Crippen LogP contribution in [0.1, 0.15) is 43.7 Å². The lowest BCUT2D eigenvalue weighted by Crippen LogP contribution is -1.90. The Kier molecular flexibility index (Phi) is 4.19. The van der Waals surface area contributed by atoms with Crippen molar-refractivity contribution in [3.05, 3.63) is 47.5 Å². The lowest BCUT2D eigenvalue weighted by molar-refractivity contribution is 0.666. The molecule has 0 spiro atoms. The van der Waals surface area contributed by atoms with Crippen LogP contribution in [0, 0.1) is 6.92 Å². The van der Waals surface area contributed by atoms with Gasteiger partial charge in [-0.2, -0.15) is 0 Å². The fraction of sp³-hybridized carbons (Fsp3) is 0.412. The molecular weight excluding hydrogens is 204 g/mol. The monoisotopic (exact) mass is 226 g/mol. The minimum atomic E-state index is 1.23. The van der Waals surface area contributed by atoms with Crippen molar-refractivity contribution < 1.29 is 0 Å². The topological polar surface area (TPSA) is 0 Å². The minimum Gasteiger partial charge on any atom is -0.0654 e. The summed E-state index contributed by atoms with van der Waals surface area (Å²) in [7, 11) is 0. The van der Waals surface area contributed by atoms with Crippen LogP contribution in [0.2, 0.25) is 0 Å². The molecule has 0 aliphatic carbocycles. The van der Waals surface area contributed by atoms with E-state index in [1.165, 1.54) is 54.0 Å². The van der Waals surface area contributed by atoms with E-state index >= 15 is 0 Å². The Labute approximate surface area is 105 Å². The minimum absolute atomic E-state index is 1.23. The Bertz CT molecular complexity index is 482. The van der Waals surface area contributed by atoms with Gasteiger partial charge < -0.3 is 0 Å². The number of aryl methyl sites for hydroxylation is 2. The van der Waals surface area contributed by atoms with E-state index in [1.807, 2.05) is 0 Å². The fourth-order valence-corrected chi connectivity index (χ4v) is 2.41. The molecule has 17 heavy (non-hydrogen) atoms. The van der Waals surface area contributed by atoms with Gasteiger partial charge in [-0.1, -0.05) is 62.6 Å². The molecule has 0 aliphatic heterocycles. The summed E-state index contributed by atoms with van der Waals surface area (Å²) < 4.78 is 0. The Balaban J connectivity index is 2.14. The third kappa shape index (κ3) is 3.09. The van der Waals surface area contributed by atoms with Gasteiger partial charge in [0.15, 0.2) is 0 Å². The highest BCUT2D eigenvalue weighted by atomic mass is 14.1. The molecule has 0 heteroatoms. The molecular formula is C17H22. The predicted octanol–water partition coefficient (Wildman–Crippen LogP) is 5.27. The zero-order valence-corrected chi connectivity index (χ0v) is 11.0. The van der Waals surface area contributed by atoms with Gasteiger partial charge in [-0.05, 0) is 41.7 Å². The van der Waals surface area contributed by atoms with Crippen LogP contribution in [0.4, 0.5) is 0 Å². The Hall–Kier alpha value is -1.30. The molecule has 0 N–H and O–H groups in total. The molecule has 0 saturated heterocycles. The molecule has 0 heterocycles. The van der Waals surface area contributed by atoms with Crippen molar-refractivity contribution in [1.29, 1.82) is 0 Å². The van der Waals surface area contributed by atoms with Gasteiger partial charge in [-0.25, -0.2) is 0 Å². The Morgan fingerprint density at radius 1 is 0.882 bits per heavy atom. The number of unbranched alkanes of at least 4 members (excludes halogenated alkanes) is 3. The average Bonchev–Trinajstić information content (AvgIpc) is 2.35. The fourth-order valence-electron chi connectivity index (χ4n) is 2.41. The van der Waals surface area contributed by atoms with Gasteiger partial charge in [-0.3, -0.25) is 0 Å². The van der Waals surface area contributed by atoms with Gasteiger partial charge in [0, 0.05) is 0 Å². The summed E-state index contributed by atoms with van der Waals surface area (Å²) in [6.45, 7) is 4.50. The van der Waals surface area contributed by atoms with E-state index in [9.17, 15) is 0 Å². The van der Waals surface area contributed by atoms with Gasteiger partial charge in [0.1, 0.15) is 0 Å². The molecule has 0 atom stereocenters. The number of benzene rings is 2. The summed E-state index contributed by atoms with van der Waals surface area (Å²) in [6, 6.07) is 13.3. The van der Waals surface area contributed by atoms with Crippen LogP contribution in [0.15, 0.2) is 36.4 Å². The highest BCUT2D eigenvalue weighted by molar-refractivity contribution is 5.84. The van der Waals surface area contributed by atoms with E-state index in [-0.39, 0.29) is 0 Å². The first-order valence-electron chi connectivity index (χ1n) is 6.79.